The second kappa shape index (κ2) is 11.6. The number of hydrogen-bond donors (Lipinski definition) is 0. The first-order valence-electron chi connectivity index (χ1n) is 7.62. The summed E-state index contributed by atoms with van der Waals surface area (Å²) in [6, 6.07) is 0. The van der Waals surface area contributed by atoms with E-state index in [0.29, 0.717) is 0 Å². The van der Waals surface area contributed by atoms with Gasteiger partial charge in [0.05, 0.1) is 0 Å². The van der Waals surface area contributed by atoms with Gasteiger partial charge in [-0.3, -0.25) is 0 Å². The molecule has 0 heterocycles. The van der Waals surface area contributed by atoms with Crippen LogP contribution in [0.5, 0.6) is 0 Å². The number of halogens is 18. The van der Waals surface area contributed by atoms with Crippen LogP contribution in [0.4, 0.5) is 79.0 Å². The SMILES string of the molecule is O=S(=O)([O-])C(F)C(F)(F)C(F)(F)C(F)(F)C(F)(F)C(F)(F)C(F)C(F)C(F)C(F)C(F)C(F)F.[K+]. The van der Waals surface area contributed by atoms with E-state index in [4.69, 9.17) is 0 Å². The zero-order chi connectivity index (χ0) is 28.0. The quantitative estimate of drug-likeness (QED) is 0.193. The van der Waals surface area contributed by atoms with Crippen LogP contribution in [-0.4, -0.2) is 85.4 Å². The van der Waals surface area contributed by atoms with Gasteiger partial charge in [-0.05, 0) is 0 Å². The number of hydrogen-bond acceptors (Lipinski definition) is 3. The molecule has 0 rings (SSSR count). The minimum atomic E-state index is -8.49. The van der Waals surface area contributed by atoms with Gasteiger partial charge in [0.25, 0.3) is 11.9 Å². The van der Waals surface area contributed by atoms with Crippen molar-refractivity contribution in [1.29, 1.82) is 0 Å². The number of alkyl halides is 18. The molecular weight excluding hydrogens is 605 g/mol. The van der Waals surface area contributed by atoms with Crippen LogP contribution in [0.25, 0.3) is 0 Å². The van der Waals surface area contributed by atoms with Crippen molar-refractivity contribution in [2.45, 2.75) is 72.4 Å². The minimum Gasteiger partial charge on any atom is -0.746 e. The van der Waals surface area contributed by atoms with E-state index in [1.54, 1.807) is 0 Å². The largest absolute Gasteiger partial charge is 1.00 e. The molecule has 6 atom stereocenters. The Kier molecular flexibility index (Phi) is 12.4. The van der Waals surface area contributed by atoms with Gasteiger partial charge in [-0.25, -0.2) is 43.5 Å². The minimum absolute atomic E-state index is 0. The molecule has 0 spiro atoms. The van der Waals surface area contributed by atoms with E-state index in [1.807, 2.05) is 0 Å². The van der Waals surface area contributed by atoms with Crippen LogP contribution in [0.15, 0.2) is 0 Å². The van der Waals surface area contributed by atoms with E-state index >= 15 is 0 Å². The number of rotatable bonds is 12. The van der Waals surface area contributed by atoms with Gasteiger partial charge >= 0.3 is 81.0 Å². The molecule has 0 aromatic rings. The maximum atomic E-state index is 13.5. The first-order chi connectivity index (χ1) is 14.7. The molecule has 0 aliphatic heterocycles. The molecule has 23 heteroatoms. The van der Waals surface area contributed by atoms with Crippen molar-refractivity contribution in [3.8, 4) is 0 Å². The molecule has 0 aromatic carbocycles. The van der Waals surface area contributed by atoms with E-state index in [0.717, 1.165) is 0 Å². The first kappa shape index (κ1) is 37.4. The Hall–Kier alpha value is 0.286. The van der Waals surface area contributed by atoms with Crippen LogP contribution >= 0.6 is 0 Å². The van der Waals surface area contributed by atoms with Crippen LogP contribution < -0.4 is 51.4 Å². The predicted octanol–water partition coefficient (Wildman–Crippen LogP) is 1.96. The van der Waals surface area contributed by atoms with Crippen LogP contribution in [0.3, 0.4) is 0 Å². The van der Waals surface area contributed by atoms with Gasteiger partial charge in [-0.1, -0.05) is 0 Å². The average Bonchev–Trinajstić information content (AvgIpc) is 2.68. The van der Waals surface area contributed by atoms with E-state index in [-0.39, 0.29) is 51.4 Å². The molecule has 0 aromatic heterocycles. The van der Waals surface area contributed by atoms with E-state index in [2.05, 4.69) is 0 Å². The molecule has 0 fully saturated rings. The molecule has 0 bridgehead atoms. The normalized spacial score (nSPS) is 20.0. The summed E-state index contributed by atoms with van der Waals surface area (Å²) in [5.74, 6) is -40.7. The Bertz CT molecular complexity index is 807. The summed E-state index contributed by atoms with van der Waals surface area (Å²) >= 11 is 0. The molecule has 0 amide bonds. The fourth-order valence-corrected chi connectivity index (χ4v) is 2.47. The molecule has 0 N–H and O–H groups in total. The van der Waals surface area contributed by atoms with Crippen LogP contribution in [-0.2, 0) is 10.1 Å². The maximum Gasteiger partial charge on any atom is 1.00 e. The molecule has 0 aliphatic carbocycles. The van der Waals surface area contributed by atoms with Gasteiger partial charge in [0, 0.05) is 0 Å². The average molecular weight is 612 g/mol. The second-order valence-corrected chi connectivity index (χ2v) is 7.69. The van der Waals surface area contributed by atoms with Crippen LogP contribution in [0, 0.1) is 0 Å². The van der Waals surface area contributed by atoms with Crippen molar-refractivity contribution < 1.29 is 143 Å². The van der Waals surface area contributed by atoms with E-state index in [1.165, 1.54) is 0 Å². The summed E-state index contributed by atoms with van der Waals surface area (Å²) in [7, 11) is -7.39. The third-order valence-electron chi connectivity index (χ3n) is 3.94. The Morgan fingerprint density at radius 1 is 0.514 bits per heavy atom. The fraction of sp³-hybridized carbons (Fsp3) is 1.00. The molecular formula is C12H7F18KO3S. The Morgan fingerprint density at radius 2 is 0.829 bits per heavy atom. The zero-order valence-electron chi connectivity index (χ0n) is 16.0. The standard InChI is InChI=1S/C12H8F18O3S.K/c13-1(2(14)4(16)6(18)19)3(15)5(17)8(21,22)10(25,26)12(29,30)11(27,28)9(23,24)7(20)34(31,32)33;/h1-7H,(H,31,32,33);/q;+1/p-1. The summed E-state index contributed by atoms with van der Waals surface area (Å²) in [4.78, 5) is 0. The summed E-state index contributed by atoms with van der Waals surface area (Å²) in [5.41, 5.74) is -6.00. The Labute approximate surface area is 224 Å². The molecule has 0 aliphatic rings. The Morgan fingerprint density at radius 3 is 1.14 bits per heavy atom. The summed E-state index contributed by atoms with van der Waals surface area (Å²) in [6.07, 6.45) is -29.9. The summed E-state index contributed by atoms with van der Waals surface area (Å²) in [6.45, 7) is 0. The van der Waals surface area contributed by atoms with E-state index < -0.39 is 82.5 Å². The van der Waals surface area contributed by atoms with Crippen LogP contribution in [0.1, 0.15) is 0 Å². The monoisotopic (exact) mass is 612 g/mol. The molecule has 35 heavy (non-hydrogen) atoms. The van der Waals surface area contributed by atoms with Crippen molar-refractivity contribution in [2.75, 3.05) is 0 Å². The van der Waals surface area contributed by atoms with Crippen molar-refractivity contribution in [3.05, 3.63) is 0 Å². The van der Waals surface area contributed by atoms with Crippen molar-refractivity contribution >= 4 is 10.1 Å². The van der Waals surface area contributed by atoms with Crippen LogP contribution in [0.2, 0.25) is 0 Å². The van der Waals surface area contributed by atoms with E-state index in [9.17, 15) is 92.0 Å². The third-order valence-corrected chi connectivity index (χ3v) is 4.75. The van der Waals surface area contributed by atoms with Gasteiger partial charge < -0.3 is 4.55 Å². The summed E-state index contributed by atoms with van der Waals surface area (Å²) < 4.78 is 265. The Balaban J connectivity index is 0. The topological polar surface area (TPSA) is 57.2 Å². The second-order valence-electron chi connectivity index (χ2n) is 6.29. The van der Waals surface area contributed by atoms with Gasteiger partial charge in [0.1, 0.15) is 10.1 Å². The third kappa shape index (κ3) is 6.48. The van der Waals surface area contributed by atoms with Gasteiger partial charge in [-0.15, -0.1) is 0 Å². The molecule has 6 unspecified atom stereocenters. The predicted molar refractivity (Wildman–Crippen MR) is 69.8 cm³/mol. The van der Waals surface area contributed by atoms with Gasteiger partial charge in [0.2, 0.25) is 6.17 Å². The summed E-state index contributed by atoms with van der Waals surface area (Å²) in [5, 5.41) is 0. The smallest absolute Gasteiger partial charge is 0.746 e. The maximum absolute atomic E-state index is 13.5. The molecule has 0 saturated carbocycles. The van der Waals surface area contributed by atoms with Gasteiger partial charge in [0.15, 0.2) is 24.7 Å². The van der Waals surface area contributed by atoms with Gasteiger partial charge in [-0.2, -0.15) is 43.9 Å². The fourth-order valence-electron chi connectivity index (χ4n) is 1.96. The molecule has 0 radical (unpaired) electrons. The molecule has 0 saturated heterocycles. The zero-order valence-corrected chi connectivity index (χ0v) is 19.9. The van der Waals surface area contributed by atoms with Crippen molar-refractivity contribution in [3.63, 3.8) is 0 Å². The molecule has 206 valence electrons. The molecule has 3 nitrogen and oxygen atoms in total. The van der Waals surface area contributed by atoms with Crippen molar-refractivity contribution in [1.82, 2.24) is 0 Å². The van der Waals surface area contributed by atoms with Crippen molar-refractivity contribution in [2.24, 2.45) is 0 Å². The first-order valence-corrected chi connectivity index (χ1v) is 9.09.